The van der Waals surface area contributed by atoms with Crippen LogP contribution in [-0.4, -0.2) is 41.1 Å². The maximum absolute atomic E-state index is 12.1. The number of aliphatic carboxylic acids is 1. The van der Waals surface area contributed by atoms with Gasteiger partial charge in [-0.2, -0.15) is 0 Å². The Bertz CT molecular complexity index is 351. The van der Waals surface area contributed by atoms with E-state index < -0.39 is 5.97 Å². The molecule has 0 aliphatic heterocycles. The van der Waals surface area contributed by atoms with Gasteiger partial charge >= 0.3 is 12.0 Å². The molecule has 114 valence electrons. The lowest BCUT2D eigenvalue weighted by molar-refractivity contribution is -0.138. The highest BCUT2D eigenvalue weighted by Crippen LogP contribution is 2.26. The first kappa shape index (κ1) is 16.5. The Morgan fingerprint density at radius 3 is 2.55 bits per heavy atom. The van der Waals surface area contributed by atoms with Crippen LogP contribution in [0.2, 0.25) is 0 Å². The van der Waals surface area contributed by atoms with Crippen LogP contribution in [0, 0.1) is 11.8 Å². The van der Waals surface area contributed by atoms with Gasteiger partial charge in [-0.1, -0.05) is 19.9 Å². The van der Waals surface area contributed by atoms with Crippen LogP contribution in [-0.2, 0) is 4.79 Å². The molecule has 1 unspecified atom stereocenters. The maximum Gasteiger partial charge on any atom is 0.317 e. The number of hydrogen-bond acceptors (Lipinski definition) is 2. The lowest BCUT2D eigenvalue weighted by Gasteiger charge is -2.24. The van der Waals surface area contributed by atoms with Crippen LogP contribution < -0.4 is 5.32 Å². The van der Waals surface area contributed by atoms with Gasteiger partial charge in [0, 0.05) is 25.6 Å². The SMILES string of the molecule is C=CCN(C(=O)NCC(CC(=O)O)CC(C)C)C1CC1. The molecule has 0 heterocycles. The fraction of sp³-hybridized carbons (Fsp3) is 0.733. The lowest BCUT2D eigenvalue weighted by atomic mass is 9.94. The van der Waals surface area contributed by atoms with Crippen molar-refractivity contribution in [1.29, 1.82) is 0 Å². The number of carboxylic acid groups (broad SMARTS) is 1. The number of nitrogens with zero attached hydrogens (tertiary/aromatic N) is 1. The normalized spacial score (nSPS) is 15.8. The first-order chi connectivity index (χ1) is 9.43. The molecule has 0 aromatic carbocycles. The molecule has 5 nitrogen and oxygen atoms in total. The third-order valence-electron chi connectivity index (χ3n) is 3.38. The predicted molar refractivity (Wildman–Crippen MR) is 78.5 cm³/mol. The third kappa shape index (κ3) is 6.08. The van der Waals surface area contributed by atoms with Gasteiger partial charge in [0.25, 0.3) is 0 Å². The Balaban J connectivity index is 2.45. The molecule has 0 aromatic heterocycles. The first-order valence-electron chi connectivity index (χ1n) is 7.31. The van der Waals surface area contributed by atoms with Crippen LogP contribution in [0.1, 0.15) is 39.5 Å². The molecule has 1 fully saturated rings. The minimum Gasteiger partial charge on any atom is -0.481 e. The number of amides is 2. The summed E-state index contributed by atoms with van der Waals surface area (Å²) in [4.78, 5) is 24.7. The Labute approximate surface area is 121 Å². The van der Waals surface area contributed by atoms with Crippen molar-refractivity contribution < 1.29 is 14.7 Å². The number of nitrogens with one attached hydrogen (secondary N) is 1. The molecule has 20 heavy (non-hydrogen) atoms. The van der Waals surface area contributed by atoms with E-state index in [1.54, 1.807) is 11.0 Å². The maximum atomic E-state index is 12.1. The van der Waals surface area contributed by atoms with Crippen LogP contribution in [0.5, 0.6) is 0 Å². The summed E-state index contributed by atoms with van der Waals surface area (Å²) < 4.78 is 0. The molecule has 1 rings (SSSR count). The van der Waals surface area contributed by atoms with Crippen molar-refractivity contribution in [3.8, 4) is 0 Å². The molecule has 1 atom stereocenters. The standard InChI is InChI=1S/C15H26N2O3/c1-4-7-17(13-5-6-13)15(20)16-10-12(8-11(2)3)9-14(18)19/h4,11-13H,1,5-10H2,2-3H3,(H,16,20)(H,18,19). The quantitative estimate of drug-likeness (QED) is 0.638. The van der Waals surface area contributed by atoms with Crippen LogP contribution in [0.15, 0.2) is 12.7 Å². The molecule has 2 amide bonds. The molecule has 1 aliphatic rings. The smallest absolute Gasteiger partial charge is 0.317 e. The molecular weight excluding hydrogens is 256 g/mol. The van der Waals surface area contributed by atoms with E-state index in [0.29, 0.717) is 25.0 Å². The van der Waals surface area contributed by atoms with Crippen molar-refractivity contribution in [3.63, 3.8) is 0 Å². The summed E-state index contributed by atoms with van der Waals surface area (Å²) in [5.41, 5.74) is 0. The van der Waals surface area contributed by atoms with Crippen molar-refractivity contribution in [2.45, 2.75) is 45.6 Å². The average Bonchev–Trinajstić information content (AvgIpc) is 3.15. The minimum atomic E-state index is -0.810. The number of urea groups is 1. The molecular formula is C15H26N2O3. The van der Waals surface area contributed by atoms with E-state index in [0.717, 1.165) is 19.3 Å². The van der Waals surface area contributed by atoms with Gasteiger partial charge in [0.2, 0.25) is 0 Å². The largest absolute Gasteiger partial charge is 0.481 e. The van der Waals surface area contributed by atoms with E-state index in [1.807, 2.05) is 0 Å². The lowest BCUT2D eigenvalue weighted by Crippen LogP contribution is -2.43. The Kier molecular flexibility index (Phi) is 6.55. The highest BCUT2D eigenvalue weighted by atomic mass is 16.4. The van der Waals surface area contributed by atoms with Crippen LogP contribution in [0.3, 0.4) is 0 Å². The fourth-order valence-corrected chi connectivity index (χ4v) is 2.41. The average molecular weight is 282 g/mol. The summed E-state index contributed by atoms with van der Waals surface area (Å²) in [5, 5.41) is 11.8. The van der Waals surface area contributed by atoms with E-state index in [4.69, 9.17) is 5.11 Å². The first-order valence-corrected chi connectivity index (χ1v) is 7.31. The number of hydrogen-bond donors (Lipinski definition) is 2. The van der Waals surface area contributed by atoms with E-state index in [2.05, 4.69) is 25.7 Å². The van der Waals surface area contributed by atoms with E-state index in [9.17, 15) is 9.59 Å². The molecule has 1 aliphatic carbocycles. The van der Waals surface area contributed by atoms with E-state index in [1.165, 1.54) is 0 Å². The summed E-state index contributed by atoms with van der Waals surface area (Å²) in [7, 11) is 0. The Morgan fingerprint density at radius 2 is 2.10 bits per heavy atom. The Hall–Kier alpha value is -1.52. The van der Waals surface area contributed by atoms with Gasteiger partial charge in [-0.05, 0) is 31.1 Å². The van der Waals surface area contributed by atoms with Gasteiger partial charge in [-0.25, -0.2) is 4.79 Å². The van der Waals surface area contributed by atoms with E-state index >= 15 is 0 Å². The van der Waals surface area contributed by atoms with Gasteiger partial charge in [-0.15, -0.1) is 6.58 Å². The van der Waals surface area contributed by atoms with Crippen LogP contribution in [0.25, 0.3) is 0 Å². The predicted octanol–water partition coefficient (Wildman–Crippen LogP) is 2.48. The summed E-state index contributed by atoms with van der Waals surface area (Å²) in [6, 6.07) is 0.225. The van der Waals surface area contributed by atoms with Crippen LogP contribution in [0.4, 0.5) is 4.79 Å². The van der Waals surface area contributed by atoms with Crippen LogP contribution >= 0.6 is 0 Å². The topological polar surface area (TPSA) is 69.6 Å². The zero-order chi connectivity index (χ0) is 15.1. The zero-order valence-corrected chi connectivity index (χ0v) is 12.5. The minimum absolute atomic E-state index is 0.0127. The van der Waals surface area contributed by atoms with Crippen molar-refractivity contribution in [2.24, 2.45) is 11.8 Å². The second kappa shape index (κ2) is 7.92. The molecule has 0 saturated heterocycles. The number of rotatable bonds is 9. The summed E-state index contributed by atoms with van der Waals surface area (Å²) in [6.45, 7) is 8.75. The van der Waals surface area contributed by atoms with Gasteiger partial charge in [-0.3, -0.25) is 4.79 Å². The fourth-order valence-electron chi connectivity index (χ4n) is 2.41. The Morgan fingerprint density at radius 1 is 1.45 bits per heavy atom. The third-order valence-corrected chi connectivity index (χ3v) is 3.38. The second-order valence-electron chi connectivity index (χ2n) is 5.95. The molecule has 0 aromatic rings. The van der Waals surface area contributed by atoms with Crippen molar-refractivity contribution in [2.75, 3.05) is 13.1 Å². The van der Waals surface area contributed by atoms with Gasteiger partial charge < -0.3 is 15.3 Å². The zero-order valence-electron chi connectivity index (χ0n) is 12.5. The van der Waals surface area contributed by atoms with Gasteiger partial charge in [0.05, 0.1) is 0 Å². The number of carbonyl (C=O) groups is 2. The molecule has 2 N–H and O–H groups in total. The molecule has 0 bridgehead atoms. The molecule has 5 heteroatoms. The van der Waals surface area contributed by atoms with Crippen molar-refractivity contribution in [3.05, 3.63) is 12.7 Å². The highest BCUT2D eigenvalue weighted by Gasteiger charge is 2.31. The van der Waals surface area contributed by atoms with Crippen molar-refractivity contribution in [1.82, 2.24) is 10.2 Å². The number of carboxylic acids is 1. The van der Waals surface area contributed by atoms with E-state index in [-0.39, 0.29) is 18.4 Å². The molecule has 0 radical (unpaired) electrons. The number of carbonyl (C=O) groups excluding carboxylic acids is 1. The molecule has 0 spiro atoms. The monoisotopic (exact) mass is 282 g/mol. The second-order valence-corrected chi connectivity index (χ2v) is 5.95. The highest BCUT2D eigenvalue weighted by molar-refractivity contribution is 5.75. The van der Waals surface area contributed by atoms with Crippen molar-refractivity contribution >= 4 is 12.0 Å². The van der Waals surface area contributed by atoms with Gasteiger partial charge in [0.1, 0.15) is 0 Å². The molecule has 1 saturated carbocycles. The summed E-state index contributed by atoms with van der Waals surface area (Å²) in [5.74, 6) is -0.403. The van der Waals surface area contributed by atoms with Gasteiger partial charge in [0.15, 0.2) is 0 Å². The summed E-state index contributed by atoms with van der Waals surface area (Å²) in [6.07, 6.45) is 4.72. The summed E-state index contributed by atoms with van der Waals surface area (Å²) >= 11 is 0.